The summed E-state index contributed by atoms with van der Waals surface area (Å²) in [5, 5.41) is 3.22. The van der Waals surface area contributed by atoms with Gasteiger partial charge in [-0.2, -0.15) is 0 Å². The molecule has 1 N–H and O–H groups in total. The Balaban J connectivity index is 1.92. The number of halogens is 2. The van der Waals surface area contributed by atoms with Gasteiger partial charge in [-0.3, -0.25) is 4.79 Å². The second-order valence-electron chi connectivity index (χ2n) is 6.05. The first-order valence-corrected chi connectivity index (χ1v) is 8.68. The summed E-state index contributed by atoms with van der Waals surface area (Å²) in [6.07, 6.45) is 0. The molecule has 0 aliphatic carbocycles. The fraction of sp³-hybridized carbons (Fsp3) is 0.316. The number of carbonyl (C=O) groups excluding carboxylic acids is 1. The third-order valence-corrected chi connectivity index (χ3v) is 4.44. The monoisotopic (exact) mass is 392 g/mol. The number of hydrogen-bond donors (Lipinski definition) is 1. The Morgan fingerprint density at radius 1 is 1.17 bits per heavy atom. The molecule has 2 rings (SSSR count). The van der Waals surface area contributed by atoms with E-state index in [-0.39, 0.29) is 17.8 Å². The fourth-order valence-electron chi connectivity index (χ4n) is 2.22. The molecule has 5 heteroatoms. The second kappa shape index (κ2) is 8.40. The van der Waals surface area contributed by atoms with Gasteiger partial charge in [-0.1, -0.05) is 28.1 Å². The van der Waals surface area contributed by atoms with Gasteiger partial charge < -0.3 is 10.2 Å². The Labute approximate surface area is 151 Å². The van der Waals surface area contributed by atoms with Crippen molar-refractivity contribution in [2.45, 2.75) is 33.0 Å². The Hall–Kier alpha value is -1.72. The minimum atomic E-state index is -0.219. The summed E-state index contributed by atoms with van der Waals surface area (Å²) in [6.45, 7) is 5.02. The van der Waals surface area contributed by atoms with E-state index in [0.29, 0.717) is 24.2 Å². The van der Waals surface area contributed by atoms with E-state index in [9.17, 15) is 9.18 Å². The molecule has 1 amide bonds. The van der Waals surface area contributed by atoms with Crippen molar-refractivity contribution < 1.29 is 9.18 Å². The normalized spacial score (nSPS) is 10.9. The zero-order valence-electron chi connectivity index (χ0n) is 14.1. The first-order chi connectivity index (χ1) is 11.4. The Kier molecular flexibility index (Phi) is 6.52. The highest BCUT2D eigenvalue weighted by atomic mass is 79.9. The molecule has 0 atom stereocenters. The van der Waals surface area contributed by atoms with Crippen molar-refractivity contribution in [3.63, 3.8) is 0 Å². The number of carbonyl (C=O) groups is 1. The first-order valence-electron chi connectivity index (χ1n) is 7.89. The zero-order chi connectivity index (χ0) is 17.7. The third kappa shape index (κ3) is 4.89. The lowest BCUT2D eigenvalue weighted by atomic mass is 10.1. The number of rotatable bonds is 6. The van der Waals surface area contributed by atoms with Gasteiger partial charge in [0.2, 0.25) is 0 Å². The molecular formula is C19H22BrFN2O. The number of hydrogen-bond acceptors (Lipinski definition) is 2. The zero-order valence-corrected chi connectivity index (χ0v) is 15.7. The van der Waals surface area contributed by atoms with Crippen molar-refractivity contribution in [3.8, 4) is 0 Å². The maximum absolute atomic E-state index is 13.7. The largest absolute Gasteiger partial charge is 0.339 e. The van der Waals surface area contributed by atoms with Crippen LogP contribution in [0.1, 0.15) is 35.3 Å². The van der Waals surface area contributed by atoms with Crippen LogP contribution in [0.2, 0.25) is 0 Å². The lowest BCUT2D eigenvalue weighted by Crippen LogP contribution is -2.32. The van der Waals surface area contributed by atoms with Gasteiger partial charge in [-0.05, 0) is 49.7 Å². The summed E-state index contributed by atoms with van der Waals surface area (Å²) in [7, 11) is 1.80. The average molecular weight is 393 g/mol. The van der Waals surface area contributed by atoms with Crippen molar-refractivity contribution in [1.29, 1.82) is 0 Å². The van der Waals surface area contributed by atoms with E-state index < -0.39 is 0 Å². The van der Waals surface area contributed by atoms with Crippen molar-refractivity contribution in [2.24, 2.45) is 0 Å². The fourth-order valence-corrected chi connectivity index (χ4v) is 2.63. The van der Waals surface area contributed by atoms with Crippen LogP contribution < -0.4 is 5.32 Å². The van der Waals surface area contributed by atoms with Crippen LogP contribution in [-0.2, 0) is 13.1 Å². The van der Waals surface area contributed by atoms with Crippen LogP contribution in [0.15, 0.2) is 46.9 Å². The molecule has 3 nitrogen and oxygen atoms in total. The van der Waals surface area contributed by atoms with Gasteiger partial charge in [0, 0.05) is 41.8 Å². The topological polar surface area (TPSA) is 32.3 Å². The number of benzene rings is 2. The maximum atomic E-state index is 13.7. The molecule has 0 aliphatic heterocycles. The molecule has 0 aromatic heterocycles. The SMILES string of the molecule is CC(C)N(C)C(=O)c1ccc(CNCc2cc(Br)ccc2F)cc1. The summed E-state index contributed by atoms with van der Waals surface area (Å²) < 4.78 is 14.5. The molecule has 0 radical (unpaired) electrons. The van der Waals surface area contributed by atoms with Crippen LogP contribution in [0.3, 0.4) is 0 Å². The molecule has 0 aliphatic rings. The molecular weight excluding hydrogens is 371 g/mol. The molecule has 24 heavy (non-hydrogen) atoms. The van der Waals surface area contributed by atoms with Crippen LogP contribution in [0.5, 0.6) is 0 Å². The van der Waals surface area contributed by atoms with Crippen molar-refractivity contribution >= 4 is 21.8 Å². The molecule has 0 unspecified atom stereocenters. The van der Waals surface area contributed by atoms with Crippen LogP contribution in [0, 0.1) is 5.82 Å². The van der Waals surface area contributed by atoms with Crippen LogP contribution in [0.25, 0.3) is 0 Å². The molecule has 0 fully saturated rings. The predicted octanol–water partition coefficient (Wildman–Crippen LogP) is 4.36. The van der Waals surface area contributed by atoms with Crippen molar-refractivity contribution in [3.05, 3.63) is 69.4 Å². The molecule has 0 spiro atoms. The van der Waals surface area contributed by atoms with Crippen LogP contribution in [0.4, 0.5) is 4.39 Å². The van der Waals surface area contributed by atoms with Gasteiger partial charge in [0.25, 0.3) is 5.91 Å². The molecule has 0 saturated carbocycles. The lowest BCUT2D eigenvalue weighted by Gasteiger charge is -2.21. The number of nitrogens with one attached hydrogen (secondary N) is 1. The van der Waals surface area contributed by atoms with Crippen LogP contribution >= 0.6 is 15.9 Å². The molecule has 0 bridgehead atoms. The molecule has 2 aromatic rings. The maximum Gasteiger partial charge on any atom is 0.253 e. The standard InChI is InChI=1S/C19H22BrFN2O/c1-13(2)23(3)19(24)15-6-4-14(5-7-15)11-22-12-16-10-17(20)8-9-18(16)21/h4-10,13,22H,11-12H2,1-3H3. The summed E-state index contributed by atoms with van der Waals surface area (Å²) in [5.41, 5.74) is 2.34. The second-order valence-corrected chi connectivity index (χ2v) is 6.96. The highest BCUT2D eigenvalue weighted by molar-refractivity contribution is 9.10. The Bertz CT molecular complexity index is 701. The summed E-state index contributed by atoms with van der Waals surface area (Å²) in [4.78, 5) is 13.9. The van der Waals surface area contributed by atoms with Crippen LogP contribution in [-0.4, -0.2) is 23.9 Å². The quantitative estimate of drug-likeness (QED) is 0.791. The van der Waals surface area contributed by atoms with Gasteiger partial charge >= 0.3 is 0 Å². The van der Waals surface area contributed by atoms with E-state index in [1.807, 2.05) is 38.1 Å². The highest BCUT2D eigenvalue weighted by Gasteiger charge is 2.13. The third-order valence-electron chi connectivity index (χ3n) is 3.95. The molecule has 2 aromatic carbocycles. The van der Waals surface area contributed by atoms with Gasteiger partial charge in [0.1, 0.15) is 5.82 Å². The van der Waals surface area contributed by atoms with E-state index in [1.54, 1.807) is 24.1 Å². The van der Waals surface area contributed by atoms with Gasteiger partial charge in [-0.25, -0.2) is 4.39 Å². The van der Waals surface area contributed by atoms with Gasteiger partial charge in [0.15, 0.2) is 0 Å². The van der Waals surface area contributed by atoms with Gasteiger partial charge in [0.05, 0.1) is 0 Å². The lowest BCUT2D eigenvalue weighted by molar-refractivity contribution is 0.0755. The van der Waals surface area contributed by atoms with E-state index in [2.05, 4.69) is 21.2 Å². The van der Waals surface area contributed by atoms with E-state index in [4.69, 9.17) is 0 Å². The van der Waals surface area contributed by atoms with E-state index in [0.717, 1.165) is 10.0 Å². The number of nitrogens with zero attached hydrogens (tertiary/aromatic N) is 1. The summed E-state index contributed by atoms with van der Waals surface area (Å²) >= 11 is 3.35. The molecule has 128 valence electrons. The predicted molar refractivity (Wildman–Crippen MR) is 98.3 cm³/mol. The number of amides is 1. The molecule has 0 heterocycles. The Morgan fingerprint density at radius 2 is 1.83 bits per heavy atom. The minimum absolute atomic E-state index is 0.0146. The van der Waals surface area contributed by atoms with Crippen molar-refractivity contribution in [2.75, 3.05) is 7.05 Å². The first kappa shape index (κ1) is 18.6. The average Bonchev–Trinajstić information content (AvgIpc) is 2.57. The molecule has 0 saturated heterocycles. The smallest absolute Gasteiger partial charge is 0.253 e. The van der Waals surface area contributed by atoms with Crippen molar-refractivity contribution in [1.82, 2.24) is 10.2 Å². The van der Waals surface area contributed by atoms with E-state index in [1.165, 1.54) is 6.07 Å². The Morgan fingerprint density at radius 3 is 2.46 bits per heavy atom. The minimum Gasteiger partial charge on any atom is -0.339 e. The van der Waals surface area contributed by atoms with Gasteiger partial charge in [-0.15, -0.1) is 0 Å². The summed E-state index contributed by atoms with van der Waals surface area (Å²) in [5.74, 6) is -0.205. The van der Waals surface area contributed by atoms with E-state index >= 15 is 0 Å². The summed E-state index contributed by atoms with van der Waals surface area (Å²) in [6, 6.07) is 12.6. The highest BCUT2D eigenvalue weighted by Crippen LogP contribution is 2.15.